The lowest BCUT2D eigenvalue weighted by Gasteiger charge is -2.35. The fourth-order valence-electron chi connectivity index (χ4n) is 3.40. The number of anilines is 1. The van der Waals surface area contributed by atoms with Crippen molar-refractivity contribution >= 4 is 29.2 Å². The van der Waals surface area contributed by atoms with Crippen molar-refractivity contribution in [1.29, 1.82) is 0 Å². The average Bonchev–Trinajstić information content (AvgIpc) is 3.14. The molecule has 146 valence electrons. The lowest BCUT2D eigenvalue weighted by Crippen LogP contribution is -2.45. The van der Waals surface area contributed by atoms with Crippen LogP contribution in [0.3, 0.4) is 0 Å². The number of rotatable bonds is 4. The van der Waals surface area contributed by atoms with Crippen LogP contribution in [0.25, 0.3) is 5.70 Å². The minimum absolute atomic E-state index is 0.353. The molecule has 2 aliphatic heterocycles. The fraction of sp³-hybridized carbons (Fsp3) is 0.286. The van der Waals surface area contributed by atoms with Crippen LogP contribution < -0.4 is 10.8 Å². The van der Waals surface area contributed by atoms with Gasteiger partial charge in [0.05, 0.1) is 5.70 Å². The van der Waals surface area contributed by atoms with Crippen molar-refractivity contribution in [2.24, 2.45) is 0 Å². The zero-order chi connectivity index (χ0) is 19.4. The summed E-state index contributed by atoms with van der Waals surface area (Å²) in [6.45, 7) is 1.22. The van der Waals surface area contributed by atoms with Gasteiger partial charge in [-0.1, -0.05) is 36.4 Å². The van der Waals surface area contributed by atoms with Crippen LogP contribution in [0.5, 0.6) is 0 Å². The molecule has 0 saturated carbocycles. The number of thioether (sulfide) groups is 1. The summed E-state index contributed by atoms with van der Waals surface area (Å²) in [5.41, 5.74) is 5.52. The van der Waals surface area contributed by atoms with Crippen molar-refractivity contribution in [2.45, 2.75) is 23.3 Å². The molecule has 0 atom stereocenters. The monoisotopic (exact) mass is 397 g/mol. The van der Waals surface area contributed by atoms with Gasteiger partial charge in [0.15, 0.2) is 0 Å². The van der Waals surface area contributed by atoms with Crippen LogP contribution in [-0.2, 0) is 9.68 Å². The second-order valence-corrected chi connectivity index (χ2v) is 7.74. The van der Waals surface area contributed by atoms with Crippen molar-refractivity contribution in [3.05, 3.63) is 66.2 Å². The van der Waals surface area contributed by atoms with E-state index in [0.29, 0.717) is 13.1 Å². The third-order valence-corrected chi connectivity index (χ3v) is 5.68. The Kier molecular flexibility index (Phi) is 5.57. The van der Waals surface area contributed by atoms with Crippen molar-refractivity contribution < 1.29 is 14.5 Å². The number of nitrogens with one attached hydrogen (secondary N) is 2. The Morgan fingerprint density at radius 1 is 1.18 bits per heavy atom. The summed E-state index contributed by atoms with van der Waals surface area (Å²) >= 11 is 1.63. The Bertz CT molecular complexity index is 864. The van der Waals surface area contributed by atoms with Gasteiger partial charge in [-0.25, -0.2) is 4.79 Å². The van der Waals surface area contributed by atoms with E-state index in [1.165, 1.54) is 0 Å². The highest BCUT2D eigenvalue weighted by atomic mass is 32.2. The van der Waals surface area contributed by atoms with Gasteiger partial charge in [0.2, 0.25) is 0 Å². The van der Waals surface area contributed by atoms with Crippen LogP contribution in [0.1, 0.15) is 18.4 Å². The molecule has 1 fully saturated rings. The number of carbonyl (C=O) groups excluding carboxylic acids is 1. The zero-order valence-corrected chi connectivity index (χ0v) is 16.5. The van der Waals surface area contributed by atoms with E-state index in [0.717, 1.165) is 34.7 Å². The third kappa shape index (κ3) is 4.32. The van der Waals surface area contributed by atoms with E-state index < -0.39 is 6.09 Å². The Balaban J connectivity index is 1.31. The normalized spacial score (nSPS) is 18.4. The summed E-state index contributed by atoms with van der Waals surface area (Å²) in [4.78, 5) is 24.6. The summed E-state index contributed by atoms with van der Waals surface area (Å²) < 4.78 is 0. The molecule has 2 heterocycles. The van der Waals surface area contributed by atoms with E-state index in [9.17, 15) is 4.79 Å². The number of piperidine rings is 1. The molecule has 2 aromatic rings. The first-order valence-electron chi connectivity index (χ1n) is 9.26. The second-order valence-electron chi connectivity index (χ2n) is 6.86. The van der Waals surface area contributed by atoms with E-state index in [2.05, 4.69) is 29.0 Å². The minimum atomic E-state index is -0.472. The summed E-state index contributed by atoms with van der Waals surface area (Å²) in [5, 5.41) is 4.47. The fourth-order valence-corrected chi connectivity index (χ4v) is 3.86. The number of hydrogen-bond acceptors (Lipinski definition) is 6. The Hall–Kier alpha value is -2.48. The summed E-state index contributed by atoms with van der Waals surface area (Å²) in [7, 11) is 0. The number of amides is 1. The van der Waals surface area contributed by atoms with Crippen LogP contribution in [0, 0.1) is 0 Å². The molecule has 1 spiro atoms. The lowest BCUT2D eigenvalue weighted by molar-refractivity contribution is -0.153. The van der Waals surface area contributed by atoms with Gasteiger partial charge in [-0.15, -0.1) is 16.8 Å². The minimum Gasteiger partial charge on any atom is -0.351 e. The van der Waals surface area contributed by atoms with E-state index in [1.807, 2.05) is 48.7 Å². The van der Waals surface area contributed by atoms with Crippen molar-refractivity contribution in [2.75, 3.05) is 24.7 Å². The molecule has 28 heavy (non-hydrogen) atoms. The number of benzene rings is 2. The molecular weight excluding hydrogens is 374 g/mol. The quantitative estimate of drug-likeness (QED) is 0.751. The van der Waals surface area contributed by atoms with Crippen LogP contribution in [0.2, 0.25) is 0 Å². The van der Waals surface area contributed by atoms with Crippen LogP contribution >= 0.6 is 11.8 Å². The maximum Gasteiger partial charge on any atom is 0.430 e. The molecule has 2 aromatic carbocycles. The molecule has 1 saturated heterocycles. The maximum absolute atomic E-state index is 12.2. The first-order chi connectivity index (χ1) is 13.7. The topological polar surface area (TPSA) is 62.8 Å². The molecule has 0 bridgehead atoms. The molecule has 0 aromatic heterocycles. The predicted molar refractivity (Wildman–Crippen MR) is 111 cm³/mol. The van der Waals surface area contributed by atoms with E-state index in [4.69, 9.17) is 9.68 Å². The molecule has 0 unspecified atom stereocenters. The smallest absolute Gasteiger partial charge is 0.351 e. The van der Waals surface area contributed by atoms with E-state index in [1.54, 1.807) is 16.8 Å². The SMILES string of the molecule is CSc1cccc(NC(=O)ON2CCC3(C=C(c4ccccc4)NO3)CC2)c1. The maximum atomic E-state index is 12.2. The molecule has 0 aliphatic carbocycles. The van der Waals surface area contributed by atoms with Crippen LogP contribution in [0.15, 0.2) is 65.6 Å². The van der Waals surface area contributed by atoms with Crippen LogP contribution in [0.4, 0.5) is 10.5 Å². The number of nitrogens with zero attached hydrogens (tertiary/aromatic N) is 1. The van der Waals surface area contributed by atoms with Crippen molar-refractivity contribution in [1.82, 2.24) is 10.5 Å². The highest BCUT2D eigenvalue weighted by molar-refractivity contribution is 7.98. The summed E-state index contributed by atoms with van der Waals surface area (Å²) in [6.07, 6.45) is 5.16. The van der Waals surface area contributed by atoms with Gasteiger partial charge in [-0.05, 0) is 48.9 Å². The first kappa shape index (κ1) is 18.9. The molecule has 4 rings (SSSR count). The molecule has 1 amide bonds. The number of carbonyl (C=O) groups is 1. The Labute approximate surface area is 168 Å². The van der Waals surface area contributed by atoms with E-state index >= 15 is 0 Å². The highest BCUT2D eigenvalue weighted by Crippen LogP contribution is 2.34. The third-order valence-electron chi connectivity index (χ3n) is 4.95. The van der Waals surface area contributed by atoms with Gasteiger partial charge in [-0.3, -0.25) is 15.6 Å². The van der Waals surface area contributed by atoms with Crippen molar-refractivity contribution in [3.8, 4) is 0 Å². The predicted octanol–water partition coefficient (Wildman–Crippen LogP) is 4.28. The molecule has 0 radical (unpaired) electrons. The zero-order valence-electron chi connectivity index (χ0n) is 15.7. The van der Waals surface area contributed by atoms with Gasteiger partial charge >= 0.3 is 6.09 Å². The second kappa shape index (κ2) is 8.26. The van der Waals surface area contributed by atoms with Gasteiger partial charge in [0.1, 0.15) is 5.60 Å². The van der Waals surface area contributed by atoms with Gasteiger partial charge in [0.25, 0.3) is 0 Å². The van der Waals surface area contributed by atoms with Gasteiger partial charge < -0.3 is 4.84 Å². The summed E-state index contributed by atoms with van der Waals surface area (Å²) in [5.74, 6) is 0. The molecule has 6 nitrogen and oxygen atoms in total. The number of hydrogen-bond donors (Lipinski definition) is 2. The lowest BCUT2D eigenvalue weighted by atomic mass is 9.91. The Morgan fingerprint density at radius 2 is 1.96 bits per heavy atom. The standard InChI is InChI=1S/C21H23N3O3S/c1-28-18-9-5-8-17(14-18)22-20(25)26-24-12-10-21(11-13-24)15-19(23-27-21)16-6-3-2-4-7-16/h2-9,14-15,23H,10-13H2,1H3,(H,22,25). The number of hydroxylamine groups is 3. The Morgan fingerprint density at radius 3 is 2.71 bits per heavy atom. The molecule has 7 heteroatoms. The summed E-state index contributed by atoms with van der Waals surface area (Å²) in [6, 6.07) is 17.8. The average molecular weight is 398 g/mol. The molecular formula is C21H23N3O3S. The van der Waals surface area contributed by atoms with Gasteiger partial charge in [0, 0.05) is 23.7 Å². The first-order valence-corrected chi connectivity index (χ1v) is 10.5. The van der Waals surface area contributed by atoms with Gasteiger partial charge in [-0.2, -0.15) is 0 Å². The molecule has 2 N–H and O–H groups in total. The highest BCUT2D eigenvalue weighted by Gasteiger charge is 2.39. The van der Waals surface area contributed by atoms with Crippen LogP contribution in [-0.4, -0.2) is 36.1 Å². The van der Waals surface area contributed by atoms with Crippen molar-refractivity contribution in [3.63, 3.8) is 0 Å². The van der Waals surface area contributed by atoms with E-state index in [-0.39, 0.29) is 5.60 Å². The largest absolute Gasteiger partial charge is 0.430 e. The molecule has 2 aliphatic rings.